The second-order valence-electron chi connectivity index (χ2n) is 4.60. The molecule has 0 saturated carbocycles. The summed E-state index contributed by atoms with van der Waals surface area (Å²) in [6, 6.07) is 0. The van der Waals surface area contributed by atoms with E-state index >= 15 is 0 Å². The lowest BCUT2D eigenvalue weighted by Gasteiger charge is -2.32. The van der Waals surface area contributed by atoms with E-state index in [4.69, 9.17) is 9.47 Å². The van der Waals surface area contributed by atoms with Crippen molar-refractivity contribution in [3.63, 3.8) is 0 Å². The third-order valence-corrected chi connectivity index (χ3v) is 3.41. The molecule has 0 fully saturated rings. The maximum absolute atomic E-state index is 12.1. The highest BCUT2D eigenvalue weighted by atomic mass is 31.1. The summed E-state index contributed by atoms with van der Waals surface area (Å²) in [6.07, 6.45) is -0.863. The minimum absolute atomic E-state index is 0.0468. The molecule has 0 rings (SSSR count). The second-order valence-corrected chi connectivity index (χ2v) is 5.25. The van der Waals surface area contributed by atoms with Crippen molar-refractivity contribution in [1.29, 1.82) is 0 Å². The predicted molar refractivity (Wildman–Crippen MR) is 70.0 cm³/mol. The highest BCUT2D eigenvalue weighted by molar-refractivity contribution is 7.23. The van der Waals surface area contributed by atoms with Crippen molar-refractivity contribution >= 4 is 14.4 Å². The first kappa shape index (κ1) is 17.5. The van der Waals surface area contributed by atoms with Gasteiger partial charge in [0.15, 0.2) is 17.9 Å². The molecule has 5 nitrogen and oxygen atoms in total. The van der Waals surface area contributed by atoms with E-state index in [0.717, 1.165) is 0 Å². The van der Waals surface area contributed by atoms with Gasteiger partial charge in [0, 0.05) is 6.61 Å². The fourth-order valence-electron chi connectivity index (χ4n) is 1.97. The van der Waals surface area contributed by atoms with E-state index in [1.54, 1.807) is 13.8 Å². The van der Waals surface area contributed by atoms with Crippen molar-refractivity contribution in [2.24, 2.45) is 11.3 Å². The minimum atomic E-state index is -1.29. The number of esters is 1. The molecule has 6 heteroatoms. The molecule has 3 atom stereocenters. The quantitative estimate of drug-likeness (QED) is 0.397. The monoisotopic (exact) mass is 279 g/mol. The predicted octanol–water partition coefficient (Wildman–Crippen LogP) is 1.96. The summed E-state index contributed by atoms with van der Waals surface area (Å²) in [5.74, 6) is -0.385. The Hall–Kier alpha value is -0.510. The summed E-state index contributed by atoms with van der Waals surface area (Å²) >= 11 is 0. The molecule has 3 unspecified atom stereocenters. The van der Waals surface area contributed by atoms with Crippen LogP contribution in [0, 0.1) is 11.3 Å². The number of hydrogen-bond donors (Lipinski definition) is 1. The number of hydrogen-bond acceptors (Lipinski definition) is 5. The molecule has 0 bridgehead atoms. The Balaban J connectivity index is 5.24. The Kier molecular flexibility index (Phi) is 8.32. The smallest absolute Gasteiger partial charge is 0.326 e. The number of carbonyl (C=O) groups excluding carboxylic acids is 1. The van der Waals surface area contributed by atoms with Crippen LogP contribution in [0.1, 0.15) is 34.1 Å². The maximum atomic E-state index is 12.1. The van der Waals surface area contributed by atoms with Crippen LogP contribution in [0.4, 0.5) is 0 Å². The van der Waals surface area contributed by atoms with Crippen LogP contribution in [0.15, 0.2) is 0 Å². The normalized spacial score (nSPS) is 16.6. The molecule has 0 saturated heterocycles. The number of aliphatic hydroxyl groups is 1. The molecule has 0 aromatic rings. The zero-order valence-electron chi connectivity index (χ0n) is 11.6. The molecule has 0 aromatic carbocycles. The molecular formula is C12H24O5P+. The van der Waals surface area contributed by atoms with Crippen LogP contribution in [0.2, 0.25) is 0 Å². The number of carbonyl (C=O) groups is 1. The van der Waals surface area contributed by atoms with Gasteiger partial charge in [-0.2, -0.15) is 0 Å². The lowest BCUT2D eigenvalue weighted by molar-refractivity contribution is -0.199. The van der Waals surface area contributed by atoms with Gasteiger partial charge in [-0.1, -0.05) is 18.4 Å². The standard InChI is InChI=1S/C12H23O5P/c1-5-16-10(13)12(8-18-15,7-9(3)4)11(14)17-6-2/h9-10,13H,5-8H2,1-4H3/p+1. The number of rotatable bonds is 9. The SMILES string of the molecule is CCOC(=O)C(C[PH+]=O)(CC(C)C)C(O)OCC. The Labute approximate surface area is 110 Å². The topological polar surface area (TPSA) is 72.8 Å². The summed E-state index contributed by atoms with van der Waals surface area (Å²) in [6.45, 7) is 7.79. The van der Waals surface area contributed by atoms with Gasteiger partial charge in [0.05, 0.1) is 6.61 Å². The molecule has 0 radical (unpaired) electrons. The molecular weight excluding hydrogens is 255 g/mol. The fourth-order valence-corrected chi connectivity index (χ4v) is 2.69. The van der Waals surface area contributed by atoms with Gasteiger partial charge in [-0.25, -0.2) is 0 Å². The van der Waals surface area contributed by atoms with Crippen molar-refractivity contribution in [1.82, 2.24) is 0 Å². The molecule has 0 spiro atoms. The van der Waals surface area contributed by atoms with Crippen molar-refractivity contribution in [2.75, 3.05) is 19.4 Å². The van der Waals surface area contributed by atoms with Gasteiger partial charge in [-0.05, 0) is 26.2 Å². The van der Waals surface area contributed by atoms with Crippen LogP contribution in [-0.2, 0) is 18.8 Å². The Morgan fingerprint density at radius 3 is 2.33 bits per heavy atom. The fraction of sp³-hybridized carbons (Fsp3) is 0.917. The first-order valence-electron chi connectivity index (χ1n) is 6.26. The molecule has 1 N–H and O–H groups in total. The first-order chi connectivity index (χ1) is 8.44. The third kappa shape index (κ3) is 4.63. The second kappa shape index (κ2) is 8.57. The van der Waals surface area contributed by atoms with Crippen molar-refractivity contribution in [3.8, 4) is 0 Å². The van der Waals surface area contributed by atoms with Gasteiger partial charge in [-0.3, -0.25) is 4.79 Å². The van der Waals surface area contributed by atoms with E-state index < -0.39 is 26.1 Å². The summed E-state index contributed by atoms with van der Waals surface area (Å²) in [7, 11) is -0.688. The van der Waals surface area contributed by atoms with Gasteiger partial charge in [0.25, 0.3) is 0 Å². The van der Waals surface area contributed by atoms with Crippen molar-refractivity contribution in [3.05, 3.63) is 0 Å². The van der Waals surface area contributed by atoms with Gasteiger partial charge >= 0.3 is 14.4 Å². The highest BCUT2D eigenvalue weighted by Gasteiger charge is 2.50. The molecule has 0 aliphatic carbocycles. The van der Waals surface area contributed by atoms with Gasteiger partial charge in [0.1, 0.15) is 0 Å². The van der Waals surface area contributed by atoms with E-state index in [2.05, 4.69) is 0 Å². The van der Waals surface area contributed by atoms with Crippen LogP contribution < -0.4 is 0 Å². The maximum Gasteiger partial charge on any atom is 0.326 e. The van der Waals surface area contributed by atoms with Crippen LogP contribution in [-0.4, -0.2) is 36.7 Å². The number of ether oxygens (including phenoxy) is 2. The zero-order valence-corrected chi connectivity index (χ0v) is 12.6. The van der Waals surface area contributed by atoms with Gasteiger partial charge in [0.2, 0.25) is 0 Å². The van der Waals surface area contributed by atoms with Gasteiger partial charge in [-0.15, -0.1) is 0 Å². The van der Waals surface area contributed by atoms with Crippen LogP contribution in [0.25, 0.3) is 0 Å². The molecule has 0 amide bonds. The first-order valence-corrected chi connectivity index (χ1v) is 7.38. The van der Waals surface area contributed by atoms with E-state index in [-0.39, 0.29) is 25.3 Å². The van der Waals surface area contributed by atoms with Crippen LogP contribution in [0.5, 0.6) is 0 Å². The molecule has 0 aromatic heterocycles. The van der Waals surface area contributed by atoms with E-state index in [9.17, 15) is 14.5 Å². The van der Waals surface area contributed by atoms with E-state index in [1.165, 1.54) is 0 Å². The summed E-state index contributed by atoms with van der Waals surface area (Å²) in [5, 5.41) is 10.1. The highest BCUT2D eigenvalue weighted by Crippen LogP contribution is 2.36. The molecule has 18 heavy (non-hydrogen) atoms. The van der Waals surface area contributed by atoms with E-state index in [0.29, 0.717) is 6.42 Å². The molecule has 0 aliphatic rings. The molecule has 0 aliphatic heterocycles. The summed E-state index contributed by atoms with van der Waals surface area (Å²) < 4.78 is 21.2. The average Bonchev–Trinajstić information content (AvgIpc) is 2.28. The lowest BCUT2D eigenvalue weighted by atomic mass is 9.81. The third-order valence-electron chi connectivity index (χ3n) is 2.64. The van der Waals surface area contributed by atoms with Gasteiger partial charge < -0.3 is 14.6 Å². The summed E-state index contributed by atoms with van der Waals surface area (Å²) in [5.41, 5.74) is -1.24. The Morgan fingerprint density at radius 2 is 1.94 bits per heavy atom. The van der Waals surface area contributed by atoms with E-state index in [1.807, 2.05) is 13.8 Å². The largest absolute Gasteiger partial charge is 0.465 e. The molecule has 106 valence electrons. The van der Waals surface area contributed by atoms with Crippen molar-refractivity contribution in [2.45, 2.75) is 40.4 Å². The van der Waals surface area contributed by atoms with Crippen molar-refractivity contribution < 1.29 is 23.9 Å². The summed E-state index contributed by atoms with van der Waals surface area (Å²) in [4.78, 5) is 12.1. The Morgan fingerprint density at radius 1 is 1.33 bits per heavy atom. The lowest BCUT2D eigenvalue weighted by Crippen LogP contribution is -2.47. The average molecular weight is 279 g/mol. The Bertz CT molecular complexity index is 269. The molecule has 0 heterocycles. The number of aliphatic hydroxyl groups excluding tert-OH is 1. The minimum Gasteiger partial charge on any atom is -0.465 e. The van der Waals surface area contributed by atoms with Crippen LogP contribution >= 0.6 is 8.46 Å². The zero-order chi connectivity index (χ0) is 14.2. The van der Waals surface area contributed by atoms with Crippen LogP contribution in [0.3, 0.4) is 0 Å².